The third-order valence-electron chi connectivity index (χ3n) is 5.30. The number of sulfone groups is 1. The van der Waals surface area contributed by atoms with Gasteiger partial charge in [0, 0.05) is 12.5 Å². The maximum Gasteiger partial charge on any atom is 0.231 e. The molecular weight excluding hydrogens is 366 g/mol. The van der Waals surface area contributed by atoms with Crippen LogP contribution >= 0.6 is 0 Å². The van der Waals surface area contributed by atoms with Crippen molar-refractivity contribution in [2.75, 3.05) is 20.0 Å². The summed E-state index contributed by atoms with van der Waals surface area (Å²) in [4.78, 5) is 0.285. The van der Waals surface area contributed by atoms with Gasteiger partial charge in [0.15, 0.2) is 21.3 Å². The first-order chi connectivity index (χ1) is 12.9. The van der Waals surface area contributed by atoms with Crippen LogP contribution in [0.2, 0.25) is 0 Å². The minimum atomic E-state index is -3.61. The van der Waals surface area contributed by atoms with Crippen molar-refractivity contribution in [3.8, 4) is 11.5 Å². The zero-order chi connectivity index (χ0) is 19.2. The van der Waals surface area contributed by atoms with Gasteiger partial charge >= 0.3 is 0 Å². The maximum absolute atomic E-state index is 13.3. The molecule has 144 valence electrons. The molecule has 2 N–H and O–H groups in total. The summed E-state index contributed by atoms with van der Waals surface area (Å²) in [5.41, 5.74) is 7.42. The molecule has 1 aliphatic heterocycles. The van der Waals surface area contributed by atoms with Gasteiger partial charge in [-0.2, -0.15) is 0 Å². The Kier molecular flexibility index (Phi) is 4.41. The van der Waals surface area contributed by atoms with E-state index in [2.05, 4.69) is 0 Å². The SMILES string of the molecule is CCOC[C@]1(N)[C@H](c2ccc3c(c2)OCO3)[C@H]1S(=O)(=O)c1ccc(C)cc1. The molecule has 4 rings (SSSR count). The minimum absolute atomic E-state index is 0.168. The first-order valence-electron chi connectivity index (χ1n) is 8.94. The zero-order valence-corrected chi connectivity index (χ0v) is 16.2. The summed E-state index contributed by atoms with van der Waals surface area (Å²) in [6.45, 7) is 4.61. The summed E-state index contributed by atoms with van der Waals surface area (Å²) in [6, 6.07) is 12.4. The lowest BCUT2D eigenvalue weighted by Gasteiger charge is -2.12. The molecule has 0 unspecified atom stereocenters. The number of fused-ring (bicyclic) bond motifs is 1. The highest BCUT2D eigenvalue weighted by Gasteiger charge is 2.69. The molecule has 6 nitrogen and oxygen atoms in total. The maximum atomic E-state index is 13.3. The lowest BCUT2D eigenvalue weighted by atomic mass is 10.1. The van der Waals surface area contributed by atoms with Gasteiger partial charge in [-0.15, -0.1) is 0 Å². The van der Waals surface area contributed by atoms with E-state index >= 15 is 0 Å². The molecule has 1 heterocycles. The fraction of sp³-hybridized carbons (Fsp3) is 0.400. The Morgan fingerprint density at radius 2 is 1.85 bits per heavy atom. The third kappa shape index (κ3) is 2.99. The number of hydrogen-bond acceptors (Lipinski definition) is 6. The Bertz CT molecular complexity index is 957. The van der Waals surface area contributed by atoms with Gasteiger partial charge in [-0.3, -0.25) is 0 Å². The third-order valence-corrected chi connectivity index (χ3v) is 7.61. The average Bonchev–Trinajstić information content (AvgIpc) is 3.03. The molecule has 1 fully saturated rings. The number of nitrogens with two attached hydrogens (primary N) is 1. The number of hydrogen-bond donors (Lipinski definition) is 1. The molecule has 7 heteroatoms. The van der Waals surface area contributed by atoms with Crippen LogP contribution in [0.15, 0.2) is 47.4 Å². The van der Waals surface area contributed by atoms with Crippen LogP contribution in [0, 0.1) is 6.92 Å². The van der Waals surface area contributed by atoms with Crippen molar-refractivity contribution < 1.29 is 22.6 Å². The summed E-state index contributed by atoms with van der Waals surface area (Å²) in [7, 11) is -3.61. The van der Waals surface area contributed by atoms with Gasteiger partial charge in [0.25, 0.3) is 0 Å². The predicted octanol–water partition coefficient (Wildman–Crippen LogP) is 2.40. The molecule has 0 aromatic heterocycles. The molecule has 1 saturated carbocycles. The number of ether oxygens (including phenoxy) is 3. The van der Waals surface area contributed by atoms with Gasteiger partial charge in [-0.25, -0.2) is 8.42 Å². The fourth-order valence-electron chi connectivity index (χ4n) is 3.81. The molecule has 0 saturated heterocycles. The van der Waals surface area contributed by atoms with Gasteiger partial charge in [-0.1, -0.05) is 23.8 Å². The molecule has 2 aromatic carbocycles. The van der Waals surface area contributed by atoms with Crippen LogP contribution in [0.4, 0.5) is 0 Å². The van der Waals surface area contributed by atoms with Crippen LogP contribution < -0.4 is 15.2 Å². The van der Waals surface area contributed by atoms with E-state index in [0.29, 0.717) is 18.1 Å². The average molecular weight is 389 g/mol. The first kappa shape index (κ1) is 18.3. The second-order valence-corrected chi connectivity index (χ2v) is 9.19. The first-order valence-corrected chi connectivity index (χ1v) is 10.5. The molecule has 0 radical (unpaired) electrons. The molecule has 0 spiro atoms. The Labute approximate surface area is 159 Å². The van der Waals surface area contributed by atoms with E-state index < -0.39 is 20.6 Å². The molecule has 2 aliphatic rings. The van der Waals surface area contributed by atoms with Crippen LogP contribution in [-0.4, -0.2) is 39.2 Å². The van der Waals surface area contributed by atoms with Gasteiger partial charge in [0.05, 0.1) is 22.3 Å². The highest BCUT2D eigenvalue weighted by Crippen LogP contribution is 2.56. The summed E-state index contributed by atoms with van der Waals surface area (Å²) >= 11 is 0. The second kappa shape index (κ2) is 6.51. The predicted molar refractivity (Wildman–Crippen MR) is 101 cm³/mol. The molecule has 1 aliphatic carbocycles. The zero-order valence-electron chi connectivity index (χ0n) is 15.3. The number of benzene rings is 2. The van der Waals surface area contributed by atoms with E-state index in [1.807, 2.05) is 26.0 Å². The summed E-state index contributed by atoms with van der Waals surface area (Å²) in [5.74, 6) is 0.902. The van der Waals surface area contributed by atoms with Crippen LogP contribution in [0.25, 0.3) is 0 Å². The normalized spacial score (nSPS) is 26.2. The Balaban J connectivity index is 1.72. The standard InChI is InChI=1S/C20H23NO5S/c1-3-24-11-20(21)18(14-6-9-16-17(10-14)26-12-25-16)19(20)27(22,23)15-7-4-13(2)5-8-15/h4-10,18-19H,3,11-12,21H2,1-2H3/t18-,19-,20+/m1/s1. The minimum Gasteiger partial charge on any atom is -0.454 e. The summed E-state index contributed by atoms with van der Waals surface area (Å²) in [6.07, 6.45) is 0. The summed E-state index contributed by atoms with van der Waals surface area (Å²) < 4.78 is 43.0. The van der Waals surface area contributed by atoms with Crippen LogP contribution in [0.3, 0.4) is 0 Å². The smallest absolute Gasteiger partial charge is 0.231 e. The van der Waals surface area contributed by atoms with Crippen LogP contribution in [0.1, 0.15) is 24.0 Å². The van der Waals surface area contributed by atoms with Crippen LogP contribution in [-0.2, 0) is 14.6 Å². The number of rotatable bonds is 6. The molecule has 3 atom stereocenters. The van der Waals surface area contributed by atoms with E-state index in [1.165, 1.54) is 0 Å². The molecule has 2 aromatic rings. The Morgan fingerprint density at radius 3 is 2.56 bits per heavy atom. The summed E-state index contributed by atoms with van der Waals surface area (Å²) in [5, 5.41) is -0.750. The van der Waals surface area contributed by atoms with Crippen LogP contribution in [0.5, 0.6) is 11.5 Å². The van der Waals surface area contributed by atoms with E-state index in [9.17, 15) is 8.42 Å². The molecule has 0 amide bonds. The van der Waals surface area contributed by atoms with Crippen molar-refractivity contribution in [1.29, 1.82) is 0 Å². The molecule has 0 bridgehead atoms. The molecule has 27 heavy (non-hydrogen) atoms. The fourth-order valence-corrected chi connectivity index (χ4v) is 6.10. The Morgan fingerprint density at radius 1 is 1.15 bits per heavy atom. The van der Waals surface area contributed by atoms with E-state index in [1.54, 1.807) is 30.3 Å². The topological polar surface area (TPSA) is 87.8 Å². The van der Waals surface area contributed by atoms with Gasteiger partial charge < -0.3 is 19.9 Å². The number of aryl methyl sites for hydroxylation is 1. The van der Waals surface area contributed by atoms with Gasteiger partial charge in [0.2, 0.25) is 6.79 Å². The van der Waals surface area contributed by atoms with Crippen molar-refractivity contribution in [2.45, 2.75) is 35.4 Å². The van der Waals surface area contributed by atoms with Crippen molar-refractivity contribution >= 4 is 9.84 Å². The Hall–Kier alpha value is -2.09. The van der Waals surface area contributed by atoms with Crippen molar-refractivity contribution in [2.24, 2.45) is 5.73 Å². The van der Waals surface area contributed by atoms with Crippen molar-refractivity contribution in [1.82, 2.24) is 0 Å². The highest BCUT2D eigenvalue weighted by molar-refractivity contribution is 7.92. The van der Waals surface area contributed by atoms with Gasteiger partial charge in [-0.05, 0) is 43.7 Å². The van der Waals surface area contributed by atoms with E-state index in [4.69, 9.17) is 19.9 Å². The highest BCUT2D eigenvalue weighted by atomic mass is 32.2. The van der Waals surface area contributed by atoms with E-state index in [-0.39, 0.29) is 24.2 Å². The quantitative estimate of drug-likeness (QED) is 0.816. The molecular formula is C20H23NO5S. The lowest BCUT2D eigenvalue weighted by Crippen LogP contribution is -2.36. The van der Waals surface area contributed by atoms with Crippen molar-refractivity contribution in [3.05, 3.63) is 53.6 Å². The second-order valence-electron chi connectivity index (χ2n) is 7.12. The monoisotopic (exact) mass is 389 g/mol. The van der Waals surface area contributed by atoms with Crippen molar-refractivity contribution in [3.63, 3.8) is 0 Å². The largest absolute Gasteiger partial charge is 0.454 e. The van der Waals surface area contributed by atoms with E-state index in [0.717, 1.165) is 11.1 Å². The van der Waals surface area contributed by atoms with Gasteiger partial charge in [0.1, 0.15) is 0 Å². The lowest BCUT2D eigenvalue weighted by molar-refractivity contribution is 0.125.